The Labute approximate surface area is 108 Å². The minimum absolute atomic E-state index is 0.164. The zero-order chi connectivity index (χ0) is 13.9. The van der Waals surface area contributed by atoms with E-state index in [0.29, 0.717) is 11.5 Å². The first kappa shape index (κ1) is 14.4. The number of hydrogen-bond acceptors (Lipinski definition) is 5. The molecule has 1 heterocycles. The van der Waals surface area contributed by atoms with Crippen molar-refractivity contribution in [2.45, 2.75) is 46.1 Å². The molecule has 0 aromatic carbocycles. The Kier molecular flexibility index (Phi) is 4.27. The number of carbonyl (C=O) groups excluding carboxylic acids is 1. The third-order valence-corrected chi connectivity index (χ3v) is 2.19. The van der Waals surface area contributed by atoms with Gasteiger partial charge in [-0.05, 0) is 20.8 Å². The smallest absolute Gasteiger partial charge is 0.359 e. The maximum absolute atomic E-state index is 12.1. The van der Waals surface area contributed by atoms with Crippen LogP contribution in [0.1, 0.15) is 56.8 Å². The van der Waals surface area contributed by atoms with Crippen molar-refractivity contribution in [3.8, 4) is 0 Å². The van der Waals surface area contributed by atoms with E-state index in [-0.39, 0.29) is 11.6 Å². The van der Waals surface area contributed by atoms with E-state index in [1.807, 2.05) is 34.6 Å². The van der Waals surface area contributed by atoms with Crippen molar-refractivity contribution in [1.82, 2.24) is 9.97 Å². The molecule has 0 atom stereocenters. The van der Waals surface area contributed by atoms with Gasteiger partial charge in [0.25, 0.3) is 0 Å². The van der Waals surface area contributed by atoms with Crippen molar-refractivity contribution in [3.05, 3.63) is 17.7 Å². The van der Waals surface area contributed by atoms with Crippen LogP contribution in [0.25, 0.3) is 0 Å². The van der Waals surface area contributed by atoms with Crippen LogP contribution in [-0.2, 0) is 4.74 Å². The van der Waals surface area contributed by atoms with Crippen molar-refractivity contribution in [1.29, 1.82) is 0 Å². The van der Waals surface area contributed by atoms with E-state index in [1.54, 1.807) is 13.2 Å². The second kappa shape index (κ2) is 5.33. The fourth-order valence-electron chi connectivity index (χ4n) is 1.34. The van der Waals surface area contributed by atoms with Crippen molar-refractivity contribution < 1.29 is 9.53 Å². The molecule has 1 aromatic rings. The fourth-order valence-corrected chi connectivity index (χ4v) is 1.34. The first-order valence-electron chi connectivity index (χ1n) is 6.02. The molecule has 100 valence electrons. The third kappa shape index (κ3) is 3.68. The number of ether oxygens (including phenoxy) is 1. The molecule has 1 N–H and O–H groups in total. The SMILES string of the molecule is CNc1cnc(C(C)C)nc1C(=O)OC(C)(C)C. The molecule has 18 heavy (non-hydrogen) atoms. The average molecular weight is 251 g/mol. The van der Waals surface area contributed by atoms with Crippen LogP contribution < -0.4 is 5.32 Å². The highest BCUT2D eigenvalue weighted by Crippen LogP contribution is 2.19. The zero-order valence-electron chi connectivity index (χ0n) is 11.9. The van der Waals surface area contributed by atoms with Crippen LogP contribution in [0.15, 0.2) is 6.20 Å². The lowest BCUT2D eigenvalue weighted by atomic mass is 10.2. The zero-order valence-corrected chi connectivity index (χ0v) is 11.9. The predicted octanol–water partition coefficient (Wildman–Crippen LogP) is 2.60. The van der Waals surface area contributed by atoms with Gasteiger partial charge in [-0.2, -0.15) is 0 Å². The highest BCUT2D eigenvalue weighted by Gasteiger charge is 2.22. The van der Waals surface area contributed by atoms with Gasteiger partial charge >= 0.3 is 5.97 Å². The number of nitrogens with zero attached hydrogens (tertiary/aromatic N) is 2. The van der Waals surface area contributed by atoms with Crippen LogP contribution in [-0.4, -0.2) is 28.6 Å². The molecule has 0 saturated heterocycles. The van der Waals surface area contributed by atoms with Gasteiger partial charge in [0.1, 0.15) is 11.4 Å². The third-order valence-electron chi connectivity index (χ3n) is 2.19. The largest absolute Gasteiger partial charge is 0.455 e. The van der Waals surface area contributed by atoms with E-state index in [0.717, 1.165) is 0 Å². The normalized spacial score (nSPS) is 11.5. The topological polar surface area (TPSA) is 64.1 Å². The van der Waals surface area contributed by atoms with Crippen LogP contribution in [0.4, 0.5) is 5.69 Å². The highest BCUT2D eigenvalue weighted by atomic mass is 16.6. The summed E-state index contributed by atoms with van der Waals surface area (Å²) in [5, 5.41) is 2.90. The number of anilines is 1. The van der Waals surface area contributed by atoms with Crippen molar-refractivity contribution in [3.63, 3.8) is 0 Å². The van der Waals surface area contributed by atoms with Gasteiger partial charge in [0.15, 0.2) is 5.69 Å². The predicted molar refractivity (Wildman–Crippen MR) is 70.8 cm³/mol. The Hall–Kier alpha value is -1.65. The average Bonchev–Trinajstić information content (AvgIpc) is 2.25. The molecular weight excluding hydrogens is 230 g/mol. The molecule has 0 radical (unpaired) electrons. The van der Waals surface area contributed by atoms with Crippen molar-refractivity contribution in [2.24, 2.45) is 0 Å². The Morgan fingerprint density at radius 1 is 1.39 bits per heavy atom. The number of nitrogens with one attached hydrogen (secondary N) is 1. The molecule has 0 fully saturated rings. The van der Waals surface area contributed by atoms with E-state index < -0.39 is 11.6 Å². The maximum Gasteiger partial charge on any atom is 0.359 e. The fraction of sp³-hybridized carbons (Fsp3) is 0.615. The van der Waals surface area contributed by atoms with Crippen LogP contribution in [0.2, 0.25) is 0 Å². The molecule has 0 aliphatic rings. The monoisotopic (exact) mass is 251 g/mol. The summed E-state index contributed by atoms with van der Waals surface area (Å²) >= 11 is 0. The van der Waals surface area contributed by atoms with Gasteiger partial charge in [0, 0.05) is 13.0 Å². The molecule has 0 aliphatic carbocycles. The van der Waals surface area contributed by atoms with Crippen LogP contribution in [0, 0.1) is 0 Å². The number of rotatable bonds is 3. The lowest BCUT2D eigenvalue weighted by molar-refractivity contribution is 0.00635. The summed E-state index contributed by atoms with van der Waals surface area (Å²) < 4.78 is 5.33. The van der Waals surface area contributed by atoms with Crippen LogP contribution in [0.3, 0.4) is 0 Å². The number of aromatic nitrogens is 2. The van der Waals surface area contributed by atoms with Gasteiger partial charge in [-0.25, -0.2) is 14.8 Å². The van der Waals surface area contributed by atoms with Gasteiger partial charge in [0.05, 0.1) is 11.9 Å². The minimum atomic E-state index is -0.537. The minimum Gasteiger partial charge on any atom is -0.455 e. The molecule has 0 aliphatic heterocycles. The lowest BCUT2D eigenvalue weighted by Crippen LogP contribution is -2.25. The van der Waals surface area contributed by atoms with Crippen molar-refractivity contribution >= 4 is 11.7 Å². The molecule has 0 saturated carbocycles. The summed E-state index contributed by atoms with van der Waals surface area (Å²) in [5.74, 6) is 0.364. The molecule has 1 aromatic heterocycles. The van der Waals surface area contributed by atoms with Crippen LogP contribution in [0.5, 0.6) is 0 Å². The van der Waals surface area contributed by atoms with E-state index in [4.69, 9.17) is 4.74 Å². The van der Waals surface area contributed by atoms with Gasteiger partial charge < -0.3 is 10.1 Å². The summed E-state index contributed by atoms with van der Waals surface area (Å²) in [7, 11) is 1.72. The molecule has 5 nitrogen and oxygen atoms in total. The van der Waals surface area contributed by atoms with E-state index in [1.165, 1.54) is 0 Å². The van der Waals surface area contributed by atoms with Gasteiger partial charge in [0.2, 0.25) is 0 Å². The van der Waals surface area contributed by atoms with Gasteiger partial charge in [-0.3, -0.25) is 0 Å². The second-order valence-corrected chi connectivity index (χ2v) is 5.40. The molecule has 0 amide bonds. The van der Waals surface area contributed by atoms with Gasteiger partial charge in [-0.15, -0.1) is 0 Å². The Bertz CT molecular complexity index is 436. The molecule has 0 spiro atoms. The Balaban J connectivity index is 3.12. The highest BCUT2D eigenvalue weighted by molar-refractivity contribution is 5.93. The first-order chi connectivity index (χ1) is 8.24. The van der Waals surface area contributed by atoms with Crippen molar-refractivity contribution in [2.75, 3.05) is 12.4 Å². The summed E-state index contributed by atoms with van der Waals surface area (Å²) in [5.41, 5.74) is 0.324. The summed E-state index contributed by atoms with van der Waals surface area (Å²) in [4.78, 5) is 20.5. The number of carbonyl (C=O) groups is 1. The lowest BCUT2D eigenvalue weighted by Gasteiger charge is -2.20. The standard InChI is InChI=1S/C13H21N3O2/c1-8(2)11-15-7-9(14-6)10(16-11)12(17)18-13(3,4)5/h7-8,14H,1-6H3. The first-order valence-corrected chi connectivity index (χ1v) is 6.02. The van der Waals surface area contributed by atoms with E-state index in [2.05, 4.69) is 15.3 Å². The molecular formula is C13H21N3O2. The molecule has 0 bridgehead atoms. The Morgan fingerprint density at radius 3 is 2.44 bits per heavy atom. The maximum atomic E-state index is 12.1. The molecule has 5 heteroatoms. The van der Waals surface area contributed by atoms with E-state index >= 15 is 0 Å². The van der Waals surface area contributed by atoms with Gasteiger partial charge in [-0.1, -0.05) is 13.8 Å². The Morgan fingerprint density at radius 2 is 2.00 bits per heavy atom. The molecule has 0 unspecified atom stereocenters. The molecule has 1 rings (SSSR count). The summed E-state index contributed by atoms with van der Waals surface area (Å²) in [6.45, 7) is 9.44. The number of hydrogen-bond donors (Lipinski definition) is 1. The number of esters is 1. The summed E-state index contributed by atoms with van der Waals surface area (Å²) in [6, 6.07) is 0. The second-order valence-electron chi connectivity index (χ2n) is 5.40. The summed E-state index contributed by atoms with van der Waals surface area (Å²) in [6.07, 6.45) is 1.61. The van der Waals surface area contributed by atoms with E-state index in [9.17, 15) is 4.79 Å². The quantitative estimate of drug-likeness (QED) is 0.836. The van der Waals surface area contributed by atoms with Crippen LogP contribution >= 0.6 is 0 Å².